The molecule has 0 bridgehead atoms. The monoisotopic (exact) mass is 426 g/mol. The van der Waals surface area contributed by atoms with Crippen molar-refractivity contribution in [1.82, 2.24) is 9.97 Å². The van der Waals surface area contributed by atoms with Crippen LogP contribution in [-0.4, -0.2) is 34.9 Å². The van der Waals surface area contributed by atoms with E-state index in [0.717, 1.165) is 54.0 Å². The lowest BCUT2D eigenvalue weighted by molar-refractivity contribution is 0.102. The van der Waals surface area contributed by atoms with Gasteiger partial charge in [0.25, 0.3) is 0 Å². The van der Waals surface area contributed by atoms with Crippen LogP contribution in [0.15, 0.2) is 59.7 Å². The van der Waals surface area contributed by atoms with Gasteiger partial charge in [0.05, 0.1) is 5.52 Å². The SMILES string of the molecule is CC(C)(C)c1ccnc(OC2CC(Nc3ccc4ccccc4n3)C2)c1C1=CC=NCC1. The molecule has 0 atom stereocenters. The van der Waals surface area contributed by atoms with Gasteiger partial charge in [-0.15, -0.1) is 0 Å². The molecule has 5 rings (SSSR count). The van der Waals surface area contributed by atoms with Crippen LogP contribution in [0, 0.1) is 0 Å². The number of pyridine rings is 2. The third-order valence-corrected chi connectivity index (χ3v) is 6.26. The lowest BCUT2D eigenvalue weighted by atomic mass is 9.81. The van der Waals surface area contributed by atoms with Crippen LogP contribution in [0.25, 0.3) is 16.5 Å². The van der Waals surface area contributed by atoms with Gasteiger partial charge < -0.3 is 10.1 Å². The van der Waals surface area contributed by atoms with E-state index < -0.39 is 0 Å². The molecular formula is C27H30N4O. The van der Waals surface area contributed by atoms with Gasteiger partial charge in [0, 0.05) is 48.8 Å². The lowest BCUT2D eigenvalue weighted by Gasteiger charge is -2.37. The molecule has 3 heterocycles. The molecule has 1 saturated carbocycles. The number of anilines is 1. The summed E-state index contributed by atoms with van der Waals surface area (Å²) in [7, 11) is 0. The number of hydrogen-bond donors (Lipinski definition) is 1. The Labute approximate surface area is 189 Å². The van der Waals surface area contributed by atoms with Crippen molar-refractivity contribution in [3.63, 3.8) is 0 Å². The maximum Gasteiger partial charge on any atom is 0.221 e. The van der Waals surface area contributed by atoms with Gasteiger partial charge in [-0.3, -0.25) is 4.99 Å². The van der Waals surface area contributed by atoms with E-state index in [1.165, 1.54) is 11.1 Å². The standard InChI is InChI=1S/C27H30N4O/c1-27(2,3)22-12-15-29-26(25(22)19-10-13-28-14-11-19)32-21-16-20(17-21)30-24-9-8-18-6-4-5-7-23(18)31-24/h4-10,12-13,15,20-21H,11,14,16-17H2,1-3H3,(H,30,31). The number of hydrogen-bond acceptors (Lipinski definition) is 5. The minimum Gasteiger partial charge on any atom is -0.474 e. The number of nitrogens with zero attached hydrogens (tertiary/aromatic N) is 3. The number of para-hydroxylation sites is 1. The maximum absolute atomic E-state index is 6.45. The molecule has 0 saturated heterocycles. The molecule has 3 aromatic rings. The Hall–Kier alpha value is -3.21. The molecule has 0 amide bonds. The fourth-order valence-electron chi connectivity index (χ4n) is 4.45. The smallest absolute Gasteiger partial charge is 0.221 e. The Morgan fingerprint density at radius 2 is 1.88 bits per heavy atom. The third-order valence-electron chi connectivity index (χ3n) is 6.26. The largest absolute Gasteiger partial charge is 0.474 e. The van der Waals surface area contributed by atoms with Gasteiger partial charge in [0.2, 0.25) is 5.88 Å². The Bertz CT molecular complexity index is 1190. The summed E-state index contributed by atoms with van der Waals surface area (Å²) in [6, 6.07) is 14.9. The van der Waals surface area contributed by atoms with E-state index in [-0.39, 0.29) is 11.5 Å². The Kier molecular flexibility index (Phi) is 5.41. The zero-order chi connectivity index (χ0) is 22.1. The van der Waals surface area contributed by atoms with Gasteiger partial charge >= 0.3 is 0 Å². The minimum absolute atomic E-state index is 0.0112. The molecule has 32 heavy (non-hydrogen) atoms. The highest BCUT2D eigenvalue weighted by Gasteiger charge is 2.33. The molecule has 0 radical (unpaired) electrons. The van der Waals surface area contributed by atoms with E-state index in [0.29, 0.717) is 6.04 Å². The minimum atomic E-state index is 0.0112. The second kappa shape index (κ2) is 8.38. The zero-order valence-electron chi connectivity index (χ0n) is 19.0. The molecule has 5 nitrogen and oxygen atoms in total. The van der Waals surface area contributed by atoms with Crippen LogP contribution in [0.5, 0.6) is 5.88 Å². The fourth-order valence-corrected chi connectivity index (χ4v) is 4.45. The van der Waals surface area contributed by atoms with Crippen molar-refractivity contribution >= 4 is 28.5 Å². The van der Waals surface area contributed by atoms with Crippen molar-refractivity contribution in [3.8, 4) is 5.88 Å². The van der Waals surface area contributed by atoms with Crippen molar-refractivity contribution in [2.45, 2.75) is 57.6 Å². The second-order valence-electron chi connectivity index (χ2n) is 9.73. The first kappa shape index (κ1) is 20.7. The number of benzene rings is 1. The van der Waals surface area contributed by atoms with E-state index in [4.69, 9.17) is 9.72 Å². The second-order valence-corrected chi connectivity index (χ2v) is 9.73. The molecule has 1 aliphatic heterocycles. The molecule has 5 heteroatoms. The summed E-state index contributed by atoms with van der Waals surface area (Å²) < 4.78 is 6.45. The number of fused-ring (bicyclic) bond motifs is 1. The first-order chi connectivity index (χ1) is 15.5. The fraction of sp³-hybridized carbons (Fsp3) is 0.370. The predicted octanol–water partition coefficient (Wildman–Crippen LogP) is 5.81. The quantitative estimate of drug-likeness (QED) is 0.559. The maximum atomic E-state index is 6.45. The van der Waals surface area contributed by atoms with Crippen LogP contribution >= 0.6 is 0 Å². The summed E-state index contributed by atoms with van der Waals surface area (Å²) in [5.74, 6) is 1.68. The van der Waals surface area contributed by atoms with Crippen molar-refractivity contribution in [3.05, 3.63) is 65.9 Å². The van der Waals surface area contributed by atoms with Crippen molar-refractivity contribution < 1.29 is 4.74 Å². The van der Waals surface area contributed by atoms with Gasteiger partial charge in [-0.2, -0.15) is 0 Å². The Morgan fingerprint density at radius 3 is 2.66 bits per heavy atom. The normalized spacial score (nSPS) is 20.5. The van der Waals surface area contributed by atoms with Crippen LogP contribution in [0.3, 0.4) is 0 Å². The van der Waals surface area contributed by atoms with Crippen LogP contribution in [0.2, 0.25) is 0 Å². The summed E-state index contributed by atoms with van der Waals surface area (Å²) in [6.07, 6.45) is 8.86. The van der Waals surface area contributed by atoms with Gasteiger partial charge in [-0.1, -0.05) is 39.0 Å². The first-order valence-electron chi connectivity index (χ1n) is 11.5. The van der Waals surface area contributed by atoms with Crippen LogP contribution in [0.4, 0.5) is 5.82 Å². The molecule has 0 unspecified atom stereocenters. The summed E-state index contributed by atoms with van der Waals surface area (Å²) in [4.78, 5) is 13.7. The summed E-state index contributed by atoms with van der Waals surface area (Å²) in [5.41, 5.74) is 4.72. The Balaban J connectivity index is 1.30. The van der Waals surface area contributed by atoms with Gasteiger partial charge in [-0.25, -0.2) is 9.97 Å². The number of nitrogens with one attached hydrogen (secondary N) is 1. The number of rotatable bonds is 5. The van der Waals surface area contributed by atoms with Crippen molar-refractivity contribution in [1.29, 1.82) is 0 Å². The van der Waals surface area contributed by atoms with E-state index in [1.807, 2.05) is 30.6 Å². The molecule has 1 fully saturated rings. The van der Waals surface area contributed by atoms with Gasteiger partial charge in [-0.05, 0) is 53.3 Å². The summed E-state index contributed by atoms with van der Waals surface area (Å²) >= 11 is 0. The van der Waals surface area contributed by atoms with Gasteiger partial charge in [0.15, 0.2) is 0 Å². The number of aromatic nitrogens is 2. The van der Waals surface area contributed by atoms with Gasteiger partial charge in [0.1, 0.15) is 11.9 Å². The molecule has 2 aliphatic rings. The Morgan fingerprint density at radius 1 is 1.03 bits per heavy atom. The predicted molar refractivity (Wildman–Crippen MR) is 132 cm³/mol. The van der Waals surface area contributed by atoms with Crippen LogP contribution in [-0.2, 0) is 5.41 Å². The molecule has 2 aromatic heterocycles. The van der Waals surface area contributed by atoms with E-state index in [1.54, 1.807) is 0 Å². The molecule has 1 N–H and O–H groups in total. The molecule has 1 aromatic carbocycles. The first-order valence-corrected chi connectivity index (χ1v) is 11.5. The molecule has 164 valence electrons. The van der Waals surface area contributed by atoms with Crippen molar-refractivity contribution in [2.75, 3.05) is 11.9 Å². The topological polar surface area (TPSA) is 59.4 Å². The summed E-state index contributed by atoms with van der Waals surface area (Å²) in [5, 5.41) is 4.72. The summed E-state index contributed by atoms with van der Waals surface area (Å²) in [6.45, 7) is 7.55. The number of ether oxygens (including phenoxy) is 1. The van der Waals surface area contributed by atoms with Crippen LogP contribution in [0.1, 0.15) is 51.2 Å². The lowest BCUT2D eigenvalue weighted by Crippen LogP contribution is -2.43. The highest BCUT2D eigenvalue weighted by atomic mass is 16.5. The average Bonchev–Trinajstić information content (AvgIpc) is 2.77. The number of allylic oxidation sites excluding steroid dienone is 1. The highest BCUT2D eigenvalue weighted by Crippen LogP contribution is 2.39. The third kappa shape index (κ3) is 4.24. The zero-order valence-corrected chi connectivity index (χ0v) is 19.0. The number of dihydropyridines is 1. The molecule has 0 spiro atoms. The average molecular weight is 427 g/mol. The molecular weight excluding hydrogens is 396 g/mol. The highest BCUT2D eigenvalue weighted by molar-refractivity contribution is 5.88. The van der Waals surface area contributed by atoms with Crippen molar-refractivity contribution in [2.24, 2.45) is 4.99 Å². The van der Waals surface area contributed by atoms with E-state index >= 15 is 0 Å². The number of aliphatic imine (C=N–C) groups is 1. The molecule has 1 aliphatic carbocycles. The van der Waals surface area contributed by atoms with E-state index in [2.05, 4.69) is 66.4 Å². The van der Waals surface area contributed by atoms with E-state index in [9.17, 15) is 0 Å². The van der Waals surface area contributed by atoms with Crippen LogP contribution < -0.4 is 10.1 Å².